The molecule has 0 saturated carbocycles. The number of para-hydroxylation sites is 1. The average Bonchev–Trinajstić information content (AvgIpc) is 3.16. The number of ether oxygens (including phenoxy) is 1. The van der Waals surface area contributed by atoms with E-state index >= 15 is 0 Å². The fraction of sp³-hybridized carbons (Fsp3) is 0.308. The number of fused-ring (bicyclic) bond motifs is 3. The average molecular weight is 463 g/mol. The summed E-state index contributed by atoms with van der Waals surface area (Å²) in [5.41, 5.74) is 3.35. The van der Waals surface area contributed by atoms with Crippen molar-refractivity contribution in [2.75, 3.05) is 12.4 Å². The Balaban J connectivity index is 1.48. The molecule has 1 unspecified atom stereocenters. The van der Waals surface area contributed by atoms with Gasteiger partial charge in [-0.2, -0.15) is 0 Å². The summed E-state index contributed by atoms with van der Waals surface area (Å²) in [7, 11) is 0. The largest absolute Gasteiger partial charge is 0.493 e. The van der Waals surface area contributed by atoms with Crippen molar-refractivity contribution in [1.82, 2.24) is 9.55 Å². The zero-order valence-corrected chi connectivity index (χ0v) is 20.0. The Labute approximate surface area is 196 Å². The van der Waals surface area contributed by atoms with Crippen LogP contribution < -0.4 is 10.3 Å². The van der Waals surface area contributed by atoms with Gasteiger partial charge >= 0.3 is 0 Å². The van der Waals surface area contributed by atoms with Gasteiger partial charge < -0.3 is 4.74 Å². The fourth-order valence-corrected chi connectivity index (χ4v) is 6.45. The molecular weight excluding hydrogens is 436 g/mol. The summed E-state index contributed by atoms with van der Waals surface area (Å²) in [6, 6.07) is 17.9. The Kier molecular flexibility index (Phi) is 6.07. The van der Waals surface area contributed by atoms with Crippen LogP contribution in [0.2, 0.25) is 0 Å². The molecule has 0 bridgehead atoms. The lowest BCUT2D eigenvalue weighted by Gasteiger charge is -2.17. The molecule has 164 valence electrons. The molecule has 0 fully saturated rings. The van der Waals surface area contributed by atoms with Crippen LogP contribution in [0.1, 0.15) is 29.3 Å². The second-order valence-electron chi connectivity index (χ2n) is 8.41. The van der Waals surface area contributed by atoms with Crippen LogP contribution in [0, 0.1) is 12.8 Å². The number of hydrogen-bond acceptors (Lipinski definition) is 5. The van der Waals surface area contributed by atoms with Crippen LogP contribution in [0.3, 0.4) is 0 Å². The van der Waals surface area contributed by atoms with Crippen LogP contribution in [0.5, 0.6) is 5.75 Å². The van der Waals surface area contributed by atoms with Crippen molar-refractivity contribution in [2.45, 2.75) is 38.3 Å². The van der Waals surface area contributed by atoms with Gasteiger partial charge in [-0.25, -0.2) is 4.98 Å². The van der Waals surface area contributed by atoms with Crippen LogP contribution in [-0.2, 0) is 12.8 Å². The predicted octanol–water partition coefficient (Wildman–Crippen LogP) is 6.05. The van der Waals surface area contributed by atoms with Crippen LogP contribution >= 0.6 is 23.1 Å². The minimum Gasteiger partial charge on any atom is -0.493 e. The topological polar surface area (TPSA) is 44.1 Å². The molecule has 2 aromatic heterocycles. The molecule has 4 nitrogen and oxygen atoms in total. The molecule has 4 aromatic rings. The van der Waals surface area contributed by atoms with Gasteiger partial charge in [-0.15, -0.1) is 11.3 Å². The van der Waals surface area contributed by atoms with E-state index in [-0.39, 0.29) is 5.56 Å². The quantitative estimate of drug-likeness (QED) is 0.199. The number of aromatic nitrogens is 2. The molecule has 2 heterocycles. The normalized spacial score (nSPS) is 15.6. The van der Waals surface area contributed by atoms with E-state index in [0.29, 0.717) is 18.3 Å². The summed E-state index contributed by atoms with van der Waals surface area (Å²) >= 11 is 3.28. The minimum atomic E-state index is 0.0511. The standard InChI is InChI=1S/C26H26N2O2S2/c1-17-8-11-20(12-9-17)30-14-15-31-26-27-24-23(21-13-10-18(2)16-22(21)32-24)25(29)28(26)19-6-4-3-5-7-19/h3-9,11-12,18H,10,13-16H2,1-2H3. The summed E-state index contributed by atoms with van der Waals surface area (Å²) in [6.45, 7) is 4.90. The van der Waals surface area contributed by atoms with Crippen LogP contribution in [0.15, 0.2) is 64.5 Å². The number of thioether (sulfide) groups is 1. The molecule has 0 saturated heterocycles. The van der Waals surface area contributed by atoms with Crippen LogP contribution in [0.4, 0.5) is 0 Å². The van der Waals surface area contributed by atoms with E-state index in [9.17, 15) is 4.79 Å². The molecule has 6 heteroatoms. The second kappa shape index (κ2) is 9.12. The molecule has 32 heavy (non-hydrogen) atoms. The lowest BCUT2D eigenvalue weighted by Crippen LogP contribution is -2.23. The molecular formula is C26H26N2O2S2. The fourth-order valence-electron chi connectivity index (χ4n) is 4.20. The van der Waals surface area contributed by atoms with E-state index < -0.39 is 0 Å². The Bertz CT molecular complexity index is 1290. The highest BCUT2D eigenvalue weighted by atomic mass is 32.2. The number of benzene rings is 2. The Hall–Kier alpha value is -2.57. The van der Waals surface area contributed by atoms with Gasteiger partial charge in [0.25, 0.3) is 5.56 Å². The number of hydrogen-bond donors (Lipinski definition) is 0. The lowest BCUT2D eigenvalue weighted by atomic mass is 9.89. The Morgan fingerprint density at radius 2 is 1.94 bits per heavy atom. The van der Waals surface area contributed by atoms with Crippen LogP contribution in [-0.4, -0.2) is 21.9 Å². The van der Waals surface area contributed by atoms with Crippen molar-refractivity contribution < 1.29 is 4.74 Å². The van der Waals surface area contributed by atoms with Gasteiger partial charge in [0.1, 0.15) is 10.6 Å². The molecule has 0 aliphatic heterocycles. The lowest BCUT2D eigenvalue weighted by molar-refractivity contribution is 0.344. The van der Waals surface area contributed by atoms with Gasteiger partial charge in [0.15, 0.2) is 5.16 Å². The first kappa shape index (κ1) is 21.3. The summed E-state index contributed by atoms with van der Waals surface area (Å²) < 4.78 is 7.67. The van der Waals surface area contributed by atoms with Crippen molar-refractivity contribution >= 4 is 33.3 Å². The summed E-state index contributed by atoms with van der Waals surface area (Å²) in [4.78, 5) is 20.9. The molecule has 1 atom stereocenters. The summed E-state index contributed by atoms with van der Waals surface area (Å²) in [5.74, 6) is 2.24. The summed E-state index contributed by atoms with van der Waals surface area (Å²) in [5, 5.41) is 1.55. The van der Waals surface area contributed by atoms with Gasteiger partial charge in [0.2, 0.25) is 0 Å². The molecule has 0 spiro atoms. The highest BCUT2D eigenvalue weighted by molar-refractivity contribution is 7.99. The Morgan fingerprint density at radius 1 is 1.16 bits per heavy atom. The number of rotatable bonds is 6. The van der Waals surface area contributed by atoms with Gasteiger partial charge in [-0.05, 0) is 61.9 Å². The number of thiophene rings is 1. The molecule has 5 rings (SSSR count). The van der Waals surface area contributed by atoms with Crippen molar-refractivity contribution in [3.63, 3.8) is 0 Å². The zero-order chi connectivity index (χ0) is 22.1. The SMILES string of the molecule is Cc1ccc(OCCSc2nc3sc4c(c3c(=O)n2-c2ccccc2)CCC(C)C4)cc1. The van der Waals surface area contributed by atoms with Crippen molar-refractivity contribution in [3.8, 4) is 11.4 Å². The molecule has 0 radical (unpaired) electrons. The molecule has 0 N–H and O–H groups in total. The second-order valence-corrected chi connectivity index (χ2v) is 10.6. The Morgan fingerprint density at radius 3 is 2.72 bits per heavy atom. The maximum absolute atomic E-state index is 13.7. The third-order valence-electron chi connectivity index (χ3n) is 5.92. The van der Waals surface area contributed by atoms with Gasteiger partial charge in [-0.1, -0.05) is 54.6 Å². The van der Waals surface area contributed by atoms with E-state index in [2.05, 4.69) is 13.8 Å². The highest BCUT2D eigenvalue weighted by Crippen LogP contribution is 2.37. The number of nitrogens with zero attached hydrogens (tertiary/aromatic N) is 2. The molecule has 1 aliphatic rings. The minimum absolute atomic E-state index is 0.0511. The third kappa shape index (κ3) is 4.21. The smallest absolute Gasteiger partial charge is 0.267 e. The highest BCUT2D eigenvalue weighted by Gasteiger charge is 2.25. The summed E-state index contributed by atoms with van der Waals surface area (Å²) in [6.07, 6.45) is 3.16. The third-order valence-corrected chi connectivity index (χ3v) is 7.97. The predicted molar refractivity (Wildman–Crippen MR) is 134 cm³/mol. The van der Waals surface area contributed by atoms with Crippen molar-refractivity contribution in [2.24, 2.45) is 5.92 Å². The molecule has 2 aromatic carbocycles. The van der Waals surface area contributed by atoms with E-state index in [0.717, 1.165) is 46.1 Å². The first-order chi connectivity index (χ1) is 15.6. The first-order valence-corrected chi connectivity index (χ1v) is 12.9. The maximum Gasteiger partial charge on any atom is 0.267 e. The van der Waals surface area contributed by atoms with E-state index in [1.165, 1.54) is 16.0 Å². The van der Waals surface area contributed by atoms with Crippen molar-refractivity contribution in [1.29, 1.82) is 0 Å². The van der Waals surface area contributed by atoms with Crippen molar-refractivity contribution in [3.05, 3.63) is 81.0 Å². The van der Waals surface area contributed by atoms with E-state index in [1.807, 2.05) is 54.6 Å². The van der Waals surface area contributed by atoms with Gasteiger partial charge in [-0.3, -0.25) is 9.36 Å². The van der Waals surface area contributed by atoms with E-state index in [1.54, 1.807) is 27.7 Å². The maximum atomic E-state index is 13.7. The molecule has 0 amide bonds. The molecule has 1 aliphatic carbocycles. The van der Waals surface area contributed by atoms with Crippen LogP contribution in [0.25, 0.3) is 15.9 Å². The number of aryl methyl sites for hydroxylation is 2. The van der Waals surface area contributed by atoms with Gasteiger partial charge in [0, 0.05) is 10.6 Å². The van der Waals surface area contributed by atoms with E-state index in [4.69, 9.17) is 9.72 Å². The first-order valence-electron chi connectivity index (χ1n) is 11.0. The monoisotopic (exact) mass is 462 g/mol. The van der Waals surface area contributed by atoms with Gasteiger partial charge in [0.05, 0.1) is 17.7 Å². The zero-order valence-electron chi connectivity index (χ0n) is 18.3.